The lowest BCUT2D eigenvalue weighted by Gasteiger charge is -2.35. The number of likely N-dealkylation sites (tertiary alicyclic amines) is 1. The van der Waals surface area contributed by atoms with Crippen molar-refractivity contribution in [3.8, 4) is 0 Å². The summed E-state index contributed by atoms with van der Waals surface area (Å²) in [6, 6.07) is 0. The lowest BCUT2D eigenvalue weighted by atomic mass is 9.96. The van der Waals surface area contributed by atoms with E-state index in [0.29, 0.717) is 38.9 Å². The number of amides is 1. The van der Waals surface area contributed by atoms with Crippen LogP contribution in [0.1, 0.15) is 32.6 Å². The molecule has 8 heteroatoms. The predicted molar refractivity (Wildman–Crippen MR) is 74.3 cm³/mol. The van der Waals surface area contributed by atoms with Crippen LogP contribution in [0.5, 0.6) is 0 Å². The van der Waals surface area contributed by atoms with Crippen molar-refractivity contribution >= 4 is 11.9 Å². The standard InChI is InChI=1S/C14H23F3N2O3/c1-2-6-19(10-14(15,16)17)13(22)11-4-3-7-18(9-11)8-5-12(20)21/h11H,2-10H2,1H3,(H,20,21). The van der Waals surface area contributed by atoms with Crippen molar-refractivity contribution in [2.75, 3.05) is 32.7 Å². The van der Waals surface area contributed by atoms with Crippen LogP contribution in [-0.2, 0) is 9.59 Å². The molecule has 1 aliphatic heterocycles. The van der Waals surface area contributed by atoms with Crippen molar-refractivity contribution in [1.82, 2.24) is 9.80 Å². The predicted octanol–water partition coefficient (Wildman–Crippen LogP) is 1.97. The van der Waals surface area contributed by atoms with Gasteiger partial charge in [-0.15, -0.1) is 0 Å². The van der Waals surface area contributed by atoms with E-state index in [1.807, 2.05) is 4.90 Å². The molecule has 0 aliphatic carbocycles. The number of carboxylic acids is 1. The fourth-order valence-corrected chi connectivity index (χ4v) is 2.73. The zero-order valence-electron chi connectivity index (χ0n) is 12.7. The second-order valence-electron chi connectivity index (χ2n) is 5.66. The molecule has 128 valence electrons. The van der Waals surface area contributed by atoms with E-state index in [4.69, 9.17) is 5.11 Å². The fraction of sp³-hybridized carbons (Fsp3) is 0.857. The summed E-state index contributed by atoms with van der Waals surface area (Å²) in [4.78, 5) is 25.6. The molecule has 1 rings (SSSR count). The summed E-state index contributed by atoms with van der Waals surface area (Å²) in [5, 5.41) is 8.68. The van der Waals surface area contributed by atoms with E-state index < -0.39 is 30.5 Å². The molecule has 1 heterocycles. The van der Waals surface area contributed by atoms with Crippen LogP contribution in [0.4, 0.5) is 13.2 Å². The number of nitrogens with zero attached hydrogens (tertiary/aromatic N) is 2. The van der Waals surface area contributed by atoms with Crippen LogP contribution in [0.25, 0.3) is 0 Å². The van der Waals surface area contributed by atoms with E-state index in [1.165, 1.54) is 0 Å². The van der Waals surface area contributed by atoms with E-state index in [2.05, 4.69) is 0 Å². The lowest BCUT2D eigenvalue weighted by molar-refractivity contribution is -0.164. The maximum absolute atomic E-state index is 12.6. The number of hydrogen-bond donors (Lipinski definition) is 1. The van der Waals surface area contributed by atoms with Crippen LogP contribution in [0.2, 0.25) is 0 Å². The summed E-state index contributed by atoms with van der Waals surface area (Å²) >= 11 is 0. The van der Waals surface area contributed by atoms with Crippen LogP contribution >= 0.6 is 0 Å². The largest absolute Gasteiger partial charge is 0.481 e. The average Bonchev–Trinajstić information content (AvgIpc) is 2.43. The Morgan fingerprint density at radius 3 is 2.59 bits per heavy atom. The Bertz CT molecular complexity index is 388. The summed E-state index contributed by atoms with van der Waals surface area (Å²) < 4.78 is 37.7. The Morgan fingerprint density at radius 2 is 2.05 bits per heavy atom. The van der Waals surface area contributed by atoms with Crippen molar-refractivity contribution in [2.45, 2.75) is 38.8 Å². The highest BCUT2D eigenvalue weighted by molar-refractivity contribution is 5.79. The number of aliphatic carboxylic acids is 1. The molecule has 0 bridgehead atoms. The number of rotatable bonds is 7. The van der Waals surface area contributed by atoms with E-state index in [1.54, 1.807) is 6.92 Å². The van der Waals surface area contributed by atoms with Crippen molar-refractivity contribution < 1.29 is 27.9 Å². The van der Waals surface area contributed by atoms with Gasteiger partial charge in [0.1, 0.15) is 6.54 Å². The number of piperidine rings is 1. The number of carbonyl (C=O) groups is 2. The molecule has 1 aliphatic rings. The van der Waals surface area contributed by atoms with Gasteiger partial charge in [0.2, 0.25) is 5.91 Å². The van der Waals surface area contributed by atoms with Crippen LogP contribution in [0.15, 0.2) is 0 Å². The van der Waals surface area contributed by atoms with Gasteiger partial charge in [-0.05, 0) is 25.8 Å². The third-order valence-corrected chi connectivity index (χ3v) is 3.67. The zero-order chi connectivity index (χ0) is 16.8. The van der Waals surface area contributed by atoms with Crippen LogP contribution in [0.3, 0.4) is 0 Å². The van der Waals surface area contributed by atoms with Gasteiger partial charge in [0.15, 0.2) is 0 Å². The highest BCUT2D eigenvalue weighted by atomic mass is 19.4. The molecule has 5 nitrogen and oxygen atoms in total. The molecule has 1 atom stereocenters. The molecule has 22 heavy (non-hydrogen) atoms. The number of halogens is 3. The molecule has 1 unspecified atom stereocenters. The third kappa shape index (κ3) is 6.64. The van der Waals surface area contributed by atoms with Crippen LogP contribution in [0, 0.1) is 5.92 Å². The summed E-state index contributed by atoms with van der Waals surface area (Å²) in [6.07, 6.45) is -2.70. The third-order valence-electron chi connectivity index (χ3n) is 3.67. The molecule has 0 spiro atoms. The summed E-state index contributed by atoms with van der Waals surface area (Å²) in [5.41, 5.74) is 0. The van der Waals surface area contributed by atoms with Gasteiger partial charge in [-0.1, -0.05) is 6.92 Å². The Kier molecular flexibility index (Phi) is 7.12. The van der Waals surface area contributed by atoms with Crippen LogP contribution < -0.4 is 0 Å². The maximum atomic E-state index is 12.6. The smallest absolute Gasteiger partial charge is 0.406 e. The summed E-state index contributed by atoms with van der Waals surface area (Å²) in [5.74, 6) is -1.87. The van der Waals surface area contributed by atoms with E-state index in [-0.39, 0.29) is 13.0 Å². The number of carboxylic acid groups (broad SMARTS) is 1. The highest BCUT2D eigenvalue weighted by Gasteiger charge is 2.36. The Hall–Kier alpha value is -1.31. The van der Waals surface area contributed by atoms with Gasteiger partial charge in [-0.25, -0.2) is 0 Å². The second kappa shape index (κ2) is 8.36. The first-order valence-electron chi connectivity index (χ1n) is 7.52. The summed E-state index contributed by atoms with van der Waals surface area (Å²) in [6.45, 7) is 1.95. The Balaban J connectivity index is 2.62. The first-order valence-corrected chi connectivity index (χ1v) is 7.52. The van der Waals surface area contributed by atoms with Gasteiger partial charge in [-0.3, -0.25) is 9.59 Å². The topological polar surface area (TPSA) is 60.9 Å². The molecule has 1 fully saturated rings. The average molecular weight is 324 g/mol. The van der Waals surface area contributed by atoms with Crippen molar-refractivity contribution in [3.05, 3.63) is 0 Å². The van der Waals surface area contributed by atoms with E-state index in [0.717, 1.165) is 4.90 Å². The van der Waals surface area contributed by atoms with Gasteiger partial charge in [0.05, 0.1) is 12.3 Å². The van der Waals surface area contributed by atoms with Gasteiger partial charge in [-0.2, -0.15) is 13.2 Å². The van der Waals surface area contributed by atoms with E-state index in [9.17, 15) is 22.8 Å². The van der Waals surface area contributed by atoms with Crippen molar-refractivity contribution in [2.24, 2.45) is 5.92 Å². The normalized spacial score (nSPS) is 19.9. The molecule has 0 radical (unpaired) electrons. The minimum absolute atomic E-state index is 0.0257. The summed E-state index contributed by atoms with van der Waals surface area (Å²) in [7, 11) is 0. The molecular formula is C14H23F3N2O3. The first kappa shape index (κ1) is 18.7. The van der Waals surface area contributed by atoms with Gasteiger partial charge >= 0.3 is 12.1 Å². The van der Waals surface area contributed by atoms with Gasteiger partial charge < -0.3 is 14.9 Å². The van der Waals surface area contributed by atoms with Crippen molar-refractivity contribution in [1.29, 1.82) is 0 Å². The molecule has 0 aromatic heterocycles. The van der Waals surface area contributed by atoms with Crippen molar-refractivity contribution in [3.63, 3.8) is 0 Å². The Labute approximate surface area is 128 Å². The minimum Gasteiger partial charge on any atom is -0.481 e. The molecular weight excluding hydrogens is 301 g/mol. The SMILES string of the molecule is CCCN(CC(F)(F)F)C(=O)C1CCCN(CCC(=O)O)C1. The fourth-order valence-electron chi connectivity index (χ4n) is 2.73. The molecule has 1 saturated heterocycles. The monoisotopic (exact) mass is 324 g/mol. The van der Waals surface area contributed by atoms with E-state index >= 15 is 0 Å². The van der Waals surface area contributed by atoms with Gasteiger partial charge in [0, 0.05) is 19.6 Å². The molecule has 0 saturated carbocycles. The first-order chi connectivity index (χ1) is 10.2. The number of hydrogen-bond acceptors (Lipinski definition) is 3. The number of alkyl halides is 3. The van der Waals surface area contributed by atoms with Gasteiger partial charge in [0.25, 0.3) is 0 Å². The lowest BCUT2D eigenvalue weighted by Crippen LogP contribution is -2.48. The Morgan fingerprint density at radius 1 is 1.36 bits per heavy atom. The minimum atomic E-state index is -4.40. The molecule has 1 N–H and O–H groups in total. The molecule has 0 aromatic rings. The second-order valence-corrected chi connectivity index (χ2v) is 5.66. The highest BCUT2D eigenvalue weighted by Crippen LogP contribution is 2.22. The molecule has 0 aromatic carbocycles. The molecule has 1 amide bonds. The number of carbonyl (C=O) groups excluding carboxylic acids is 1. The maximum Gasteiger partial charge on any atom is 0.406 e. The quantitative estimate of drug-likeness (QED) is 0.778. The van der Waals surface area contributed by atoms with Crippen LogP contribution in [-0.4, -0.2) is 65.7 Å². The zero-order valence-corrected chi connectivity index (χ0v) is 12.7.